The van der Waals surface area contributed by atoms with Gasteiger partial charge in [-0.3, -0.25) is 9.59 Å². The molecule has 0 saturated carbocycles. The lowest BCUT2D eigenvalue weighted by Gasteiger charge is -2.14. The third-order valence-electron chi connectivity index (χ3n) is 4.65. The second kappa shape index (κ2) is 10.2. The summed E-state index contributed by atoms with van der Waals surface area (Å²) in [6, 6.07) is 13.1. The third-order valence-corrected chi connectivity index (χ3v) is 5.61. The number of nitrogens with zero attached hydrogens (tertiary/aromatic N) is 1. The minimum atomic E-state index is -0.307. The van der Waals surface area contributed by atoms with Crippen LogP contribution in [0.25, 0.3) is 10.1 Å². The van der Waals surface area contributed by atoms with Crippen molar-refractivity contribution in [2.24, 2.45) is 5.10 Å². The standard InChI is InChI=1S/C24H26N2O4S/c1-15(2)30-21-11-9-17(13-22(21)29-4)20(27)10-12-24(28)26-25-16(3)19-14-31-23-8-6-5-7-18(19)23/h5-9,11,13-15H,10,12H2,1-4H3,(H,26,28)/b25-16+. The van der Waals surface area contributed by atoms with Gasteiger partial charge in [-0.25, -0.2) is 5.43 Å². The van der Waals surface area contributed by atoms with Crippen molar-refractivity contribution in [1.82, 2.24) is 5.43 Å². The van der Waals surface area contributed by atoms with Crippen LogP contribution in [0.5, 0.6) is 11.5 Å². The molecule has 0 saturated heterocycles. The lowest BCUT2D eigenvalue weighted by molar-refractivity contribution is -0.121. The first kappa shape index (κ1) is 22.5. The van der Waals surface area contributed by atoms with Crippen molar-refractivity contribution in [3.63, 3.8) is 0 Å². The fourth-order valence-electron chi connectivity index (χ4n) is 3.08. The molecular weight excluding hydrogens is 412 g/mol. The van der Waals surface area contributed by atoms with Crippen LogP contribution in [0.2, 0.25) is 0 Å². The van der Waals surface area contributed by atoms with Gasteiger partial charge in [-0.1, -0.05) is 18.2 Å². The molecule has 1 N–H and O–H groups in total. The quantitative estimate of drug-likeness (QED) is 0.283. The predicted octanol–water partition coefficient (Wildman–Crippen LogP) is 5.20. The first-order valence-electron chi connectivity index (χ1n) is 10.1. The van der Waals surface area contributed by atoms with Crippen molar-refractivity contribution in [2.45, 2.75) is 39.7 Å². The monoisotopic (exact) mass is 438 g/mol. The lowest BCUT2D eigenvalue weighted by Crippen LogP contribution is -2.20. The number of amides is 1. The molecule has 0 radical (unpaired) electrons. The highest BCUT2D eigenvalue weighted by molar-refractivity contribution is 7.17. The number of hydrogen-bond acceptors (Lipinski definition) is 6. The summed E-state index contributed by atoms with van der Waals surface area (Å²) >= 11 is 1.64. The summed E-state index contributed by atoms with van der Waals surface area (Å²) in [5, 5.41) is 7.35. The Morgan fingerprint density at radius 3 is 2.61 bits per heavy atom. The van der Waals surface area contributed by atoms with Gasteiger partial charge in [0.1, 0.15) is 0 Å². The summed E-state index contributed by atoms with van der Waals surface area (Å²) in [6.07, 6.45) is 0.122. The minimum absolute atomic E-state index is 0.00442. The Kier molecular flexibility index (Phi) is 7.41. The van der Waals surface area contributed by atoms with Crippen molar-refractivity contribution in [1.29, 1.82) is 0 Å². The molecule has 3 aromatic rings. The number of carbonyl (C=O) groups is 2. The number of rotatable bonds is 9. The van der Waals surface area contributed by atoms with Crippen molar-refractivity contribution in [3.05, 3.63) is 59.0 Å². The molecule has 31 heavy (non-hydrogen) atoms. The fourth-order valence-corrected chi connectivity index (χ4v) is 4.09. The van der Waals surface area contributed by atoms with E-state index in [0.717, 1.165) is 16.7 Å². The van der Waals surface area contributed by atoms with E-state index in [9.17, 15) is 9.59 Å². The highest BCUT2D eigenvalue weighted by Crippen LogP contribution is 2.29. The summed E-state index contributed by atoms with van der Waals surface area (Å²) in [5.41, 5.74) is 4.75. The van der Waals surface area contributed by atoms with Gasteiger partial charge in [-0.05, 0) is 45.0 Å². The summed E-state index contributed by atoms with van der Waals surface area (Å²) in [6.45, 7) is 5.69. The molecule has 0 aliphatic rings. The number of carbonyl (C=O) groups excluding carboxylic acids is 2. The zero-order valence-corrected chi connectivity index (χ0v) is 18.9. The predicted molar refractivity (Wildman–Crippen MR) is 125 cm³/mol. The smallest absolute Gasteiger partial charge is 0.240 e. The number of ether oxygens (including phenoxy) is 2. The number of thiophene rings is 1. The number of nitrogens with one attached hydrogen (secondary N) is 1. The molecule has 0 spiro atoms. The van der Waals surface area contributed by atoms with Gasteiger partial charge >= 0.3 is 0 Å². The van der Waals surface area contributed by atoms with Crippen molar-refractivity contribution in [3.8, 4) is 11.5 Å². The average molecular weight is 439 g/mol. The molecule has 0 fully saturated rings. The van der Waals surface area contributed by atoms with Crippen LogP contribution in [0.3, 0.4) is 0 Å². The maximum atomic E-state index is 12.5. The van der Waals surface area contributed by atoms with Crippen LogP contribution in [-0.2, 0) is 4.79 Å². The molecule has 0 aliphatic carbocycles. The normalized spacial score (nSPS) is 11.6. The number of hydrazone groups is 1. The van der Waals surface area contributed by atoms with E-state index in [1.165, 1.54) is 11.8 Å². The van der Waals surface area contributed by atoms with Gasteiger partial charge in [0.05, 0.1) is 18.9 Å². The van der Waals surface area contributed by atoms with Crippen molar-refractivity contribution in [2.75, 3.05) is 7.11 Å². The van der Waals surface area contributed by atoms with Gasteiger partial charge in [-0.2, -0.15) is 5.10 Å². The van der Waals surface area contributed by atoms with Crippen LogP contribution in [0.15, 0.2) is 52.9 Å². The number of hydrogen-bond donors (Lipinski definition) is 1. The largest absolute Gasteiger partial charge is 0.493 e. The average Bonchev–Trinajstić information content (AvgIpc) is 3.20. The molecule has 6 nitrogen and oxygen atoms in total. The number of methoxy groups -OCH3 is 1. The first-order chi connectivity index (χ1) is 14.9. The third kappa shape index (κ3) is 5.70. The van der Waals surface area contributed by atoms with E-state index in [-0.39, 0.29) is 30.6 Å². The Balaban J connectivity index is 1.58. The Labute approximate surface area is 185 Å². The molecule has 0 bridgehead atoms. The Morgan fingerprint density at radius 1 is 1.10 bits per heavy atom. The van der Waals surface area contributed by atoms with E-state index in [0.29, 0.717) is 17.1 Å². The Bertz CT molecular complexity index is 1120. The molecule has 0 aliphatic heterocycles. The molecule has 1 heterocycles. The minimum Gasteiger partial charge on any atom is -0.493 e. The summed E-state index contributed by atoms with van der Waals surface area (Å²) in [4.78, 5) is 24.7. The Morgan fingerprint density at radius 2 is 1.87 bits per heavy atom. The van der Waals surface area contributed by atoms with E-state index in [2.05, 4.69) is 16.6 Å². The van der Waals surface area contributed by atoms with Gasteiger partial charge in [0, 0.05) is 39.4 Å². The molecular formula is C24H26N2O4S. The van der Waals surface area contributed by atoms with Gasteiger partial charge in [-0.15, -0.1) is 11.3 Å². The molecule has 0 unspecified atom stereocenters. The summed E-state index contributed by atoms with van der Waals surface area (Å²) in [5.74, 6) is 0.623. The molecule has 2 aromatic carbocycles. The highest BCUT2D eigenvalue weighted by Gasteiger charge is 2.14. The zero-order valence-electron chi connectivity index (χ0n) is 18.1. The molecule has 0 atom stereocenters. The summed E-state index contributed by atoms with van der Waals surface area (Å²) < 4.78 is 12.2. The fraction of sp³-hybridized carbons (Fsp3) is 0.292. The maximum absolute atomic E-state index is 12.5. The van der Waals surface area contributed by atoms with E-state index in [4.69, 9.17) is 9.47 Å². The first-order valence-corrected chi connectivity index (χ1v) is 10.9. The van der Waals surface area contributed by atoms with Crippen LogP contribution in [-0.4, -0.2) is 30.6 Å². The number of ketones is 1. The lowest BCUT2D eigenvalue weighted by atomic mass is 10.1. The Hall–Kier alpha value is -3.19. The SMILES string of the molecule is COc1cc(C(=O)CCC(=O)N/N=C(\C)c2csc3ccccc23)ccc1OC(C)C. The van der Waals surface area contributed by atoms with E-state index < -0.39 is 0 Å². The molecule has 1 aromatic heterocycles. The van der Waals surface area contributed by atoms with Crippen molar-refractivity contribution >= 4 is 38.8 Å². The molecule has 162 valence electrons. The second-order valence-electron chi connectivity index (χ2n) is 7.33. The molecule has 1 amide bonds. The van der Waals surface area contributed by atoms with Gasteiger partial charge in [0.25, 0.3) is 0 Å². The highest BCUT2D eigenvalue weighted by atomic mass is 32.1. The molecule has 7 heteroatoms. The van der Waals surface area contributed by atoms with E-state index >= 15 is 0 Å². The van der Waals surface area contributed by atoms with Gasteiger partial charge in [0.15, 0.2) is 17.3 Å². The van der Waals surface area contributed by atoms with Crippen LogP contribution in [0, 0.1) is 0 Å². The number of Topliss-reactive ketones (excluding diaryl/α,β-unsaturated/α-hetero) is 1. The summed E-state index contributed by atoms with van der Waals surface area (Å²) in [7, 11) is 1.53. The molecule has 3 rings (SSSR count). The zero-order chi connectivity index (χ0) is 22.4. The van der Waals surface area contributed by atoms with Crippen LogP contribution >= 0.6 is 11.3 Å². The van der Waals surface area contributed by atoms with Gasteiger partial charge < -0.3 is 9.47 Å². The number of benzene rings is 2. The van der Waals surface area contributed by atoms with Crippen LogP contribution in [0.4, 0.5) is 0 Å². The number of fused-ring (bicyclic) bond motifs is 1. The van der Waals surface area contributed by atoms with Crippen LogP contribution < -0.4 is 14.9 Å². The maximum Gasteiger partial charge on any atom is 0.240 e. The van der Waals surface area contributed by atoms with Crippen molar-refractivity contribution < 1.29 is 19.1 Å². The van der Waals surface area contributed by atoms with E-state index in [1.54, 1.807) is 29.5 Å². The van der Waals surface area contributed by atoms with Crippen LogP contribution in [0.1, 0.15) is 49.5 Å². The second-order valence-corrected chi connectivity index (χ2v) is 8.24. The van der Waals surface area contributed by atoms with Gasteiger partial charge in [0.2, 0.25) is 5.91 Å². The topological polar surface area (TPSA) is 77.0 Å². The van der Waals surface area contributed by atoms with E-state index in [1.807, 2.05) is 44.4 Å².